The molecule has 0 unspecified atom stereocenters. The summed E-state index contributed by atoms with van der Waals surface area (Å²) < 4.78 is 28.3. The second-order valence-corrected chi connectivity index (χ2v) is 7.73. The van der Waals surface area contributed by atoms with E-state index in [1.165, 1.54) is 25.1 Å². The minimum Gasteiger partial charge on any atom is -0.279 e. The molecule has 0 heterocycles. The van der Waals surface area contributed by atoms with Crippen LogP contribution < -0.4 is 4.72 Å². The molecule has 3 aromatic carbocycles. The van der Waals surface area contributed by atoms with E-state index in [0.29, 0.717) is 12.1 Å². The maximum atomic E-state index is 12.9. The van der Waals surface area contributed by atoms with Crippen molar-refractivity contribution in [2.45, 2.75) is 18.2 Å². The van der Waals surface area contributed by atoms with Gasteiger partial charge in [-0.25, -0.2) is 8.42 Å². The Balaban J connectivity index is 1.96. The summed E-state index contributed by atoms with van der Waals surface area (Å²) in [5.41, 5.74) is 2.20. The minimum absolute atomic E-state index is 0.105. The van der Waals surface area contributed by atoms with Gasteiger partial charge < -0.3 is 0 Å². The summed E-state index contributed by atoms with van der Waals surface area (Å²) in [5, 5.41) is 11.1. The molecule has 138 valence electrons. The van der Waals surface area contributed by atoms with Crippen LogP contribution in [0.5, 0.6) is 0 Å². The van der Waals surface area contributed by atoms with Gasteiger partial charge in [0.25, 0.3) is 15.7 Å². The molecule has 0 fully saturated rings. The van der Waals surface area contributed by atoms with Gasteiger partial charge in [0.2, 0.25) is 0 Å². The molecule has 27 heavy (non-hydrogen) atoms. The van der Waals surface area contributed by atoms with Gasteiger partial charge >= 0.3 is 0 Å². The Kier molecular flexibility index (Phi) is 5.23. The first-order valence-electron chi connectivity index (χ1n) is 8.27. The van der Waals surface area contributed by atoms with Crippen LogP contribution in [0.2, 0.25) is 0 Å². The summed E-state index contributed by atoms with van der Waals surface area (Å²) in [7, 11) is -3.97. The van der Waals surface area contributed by atoms with Crippen molar-refractivity contribution in [1.82, 2.24) is 0 Å². The molecule has 6 nitrogen and oxygen atoms in total. The molecule has 0 aliphatic heterocycles. The average Bonchev–Trinajstić information content (AvgIpc) is 2.64. The first-order chi connectivity index (χ1) is 12.9. The van der Waals surface area contributed by atoms with Crippen LogP contribution in [0.3, 0.4) is 0 Å². The fourth-order valence-electron chi connectivity index (χ4n) is 2.88. The van der Waals surface area contributed by atoms with Gasteiger partial charge in [-0.2, -0.15) is 0 Å². The standard InChI is InChI=1S/C20H18N2O4S/c1-15-19(22(23)24)12-7-13-20(15)27(25,26)21-18-11-6-5-10-17(18)14-16-8-3-2-4-9-16/h2-13,21H,14H2,1H3. The third-order valence-corrected chi connectivity index (χ3v) is 5.75. The molecule has 0 aliphatic carbocycles. The van der Waals surface area contributed by atoms with Crippen LogP contribution in [-0.2, 0) is 16.4 Å². The molecular formula is C20H18N2O4S. The molecule has 1 N–H and O–H groups in total. The SMILES string of the molecule is Cc1c([N+](=O)[O-])cccc1S(=O)(=O)Nc1ccccc1Cc1ccccc1. The molecule has 0 bridgehead atoms. The molecule has 0 atom stereocenters. The van der Waals surface area contributed by atoms with E-state index in [4.69, 9.17) is 0 Å². The zero-order chi connectivity index (χ0) is 19.4. The molecule has 7 heteroatoms. The van der Waals surface area contributed by atoms with Crippen LogP contribution in [-0.4, -0.2) is 13.3 Å². The molecule has 0 aliphatic rings. The first kappa shape index (κ1) is 18.6. The lowest BCUT2D eigenvalue weighted by Gasteiger charge is -2.14. The summed E-state index contributed by atoms with van der Waals surface area (Å²) in [4.78, 5) is 10.4. The van der Waals surface area contributed by atoms with Crippen LogP contribution >= 0.6 is 0 Å². The number of nitro benzene ring substituents is 1. The molecule has 0 amide bonds. The van der Waals surface area contributed by atoms with Gasteiger partial charge in [-0.1, -0.05) is 54.6 Å². The summed E-state index contributed by atoms with van der Waals surface area (Å²) >= 11 is 0. The Hall–Kier alpha value is -3.19. The number of sulfonamides is 1. The normalized spacial score (nSPS) is 11.1. The smallest absolute Gasteiger partial charge is 0.273 e. The van der Waals surface area contributed by atoms with Gasteiger partial charge in [-0.3, -0.25) is 14.8 Å². The predicted molar refractivity (Wildman–Crippen MR) is 104 cm³/mol. The van der Waals surface area contributed by atoms with Crippen molar-refractivity contribution in [3.05, 3.63) is 99.6 Å². The van der Waals surface area contributed by atoms with E-state index >= 15 is 0 Å². The molecule has 0 saturated heterocycles. The highest BCUT2D eigenvalue weighted by atomic mass is 32.2. The van der Waals surface area contributed by atoms with Gasteiger partial charge in [0.1, 0.15) is 0 Å². The highest BCUT2D eigenvalue weighted by Crippen LogP contribution is 2.28. The molecule has 3 aromatic rings. The summed E-state index contributed by atoms with van der Waals surface area (Å²) in [5.74, 6) is 0. The molecule has 0 spiro atoms. The minimum atomic E-state index is -3.97. The number of benzene rings is 3. The maximum absolute atomic E-state index is 12.9. The molecule has 0 radical (unpaired) electrons. The van der Waals surface area contributed by atoms with Crippen molar-refractivity contribution in [1.29, 1.82) is 0 Å². The number of rotatable bonds is 6. The Morgan fingerprint density at radius 3 is 2.30 bits per heavy atom. The average molecular weight is 382 g/mol. The third-order valence-electron chi connectivity index (χ3n) is 4.24. The lowest BCUT2D eigenvalue weighted by molar-refractivity contribution is -0.385. The van der Waals surface area contributed by atoms with E-state index < -0.39 is 14.9 Å². The van der Waals surface area contributed by atoms with Crippen molar-refractivity contribution in [3.63, 3.8) is 0 Å². The highest BCUT2D eigenvalue weighted by molar-refractivity contribution is 7.92. The number of nitro groups is 1. The number of para-hydroxylation sites is 1. The van der Waals surface area contributed by atoms with Crippen molar-refractivity contribution in [2.24, 2.45) is 0 Å². The Morgan fingerprint density at radius 2 is 1.59 bits per heavy atom. The van der Waals surface area contributed by atoms with Crippen LogP contribution in [0.25, 0.3) is 0 Å². The number of nitrogens with one attached hydrogen (secondary N) is 1. The largest absolute Gasteiger partial charge is 0.279 e. The van der Waals surface area contributed by atoms with E-state index in [1.807, 2.05) is 42.5 Å². The summed E-state index contributed by atoms with van der Waals surface area (Å²) in [6, 6.07) is 20.9. The lowest BCUT2D eigenvalue weighted by Crippen LogP contribution is -2.16. The van der Waals surface area contributed by atoms with Crippen molar-refractivity contribution in [2.75, 3.05) is 4.72 Å². The van der Waals surface area contributed by atoms with Gasteiger partial charge in [0.15, 0.2) is 0 Å². The van der Waals surface area contributed by atoms with Gasteiger partial charge in [-0.05, 0) is 36.6 Å². The summed E-state index contributed by atoms with van der Waals surface area (Å²) in [6.07, 6.45) is 0.563. The monoisotopic (exact) mass is 382 g/mol. The van der Waals surface area contributed by atoms with E-state index in [1.54, 1.807) is 12.1 Å². The first-order valence-corrected chi connectivity index (χ1v) is 9.75. The third kappa shape index (κ3) is 4.15. The molecule has 0 saturated carbocycles. The fourth-order valence-corrected chi connectivity index (χ4v) is 4.25. The zero-order valence-electron chi connectivity index (χ0n) is 14.6. The molecule has 3 rings (SSSR count). The lowest BCUT2D eigenvalue weighted by atomic mass is 10.0. The van der Waals surface area contributed by atoms with Gasteiger partial charge in [0.05, 0.1) is 15.5 Å². The quantitative estimate of drug-likeness (QED) is 0.508. The highest BCUT2D eigenvalue weighted by Gasteiger charge is 2.23. The number of nitrogens with zero attached hydrogens (tertiary/aromatic N) is 1. The number of hydrogen-bond donors (Lipinski definition) is 1. The Bertz CT molecular complexity index is 1080. The van der Waals surface area contributed by atoms with Crippen LogP contribution in [0.1, 0.15) is 16.7 Å². The predicted octanol–water partition coefficient (Wildman–Crippen LogP) is 4.29. The second-order valence-electron chi connectivity index (χ2n) is 6.08. The van der Waals surface area contributed by atoms with E-state index in [-0.39, 0.29) is 16.1 Å². The van der Waals surface area contributed by atoms with Crippen LogP contribution in [0.15, 0.2) is 77.7 Å². The summed E-state index contributed by atoms with van der Waals surface area (Å²) in [6.45, 7) is 1.43. The van der Waals surface area contributed by atoms with E-state index in [2.05, 4.69) is 4.72 Å². The maximum Gasteiger partial charge on any atom is 0.273 e. The fraction of sp³-hybridized carbons (Fsp3) is 0.100. The van der Waals surface area contributed by atoms with Gasteiger partial charge in [0, 0.05) is 11.6 Å². The molecule has 0 aromatic heterocycles. The topological polar surface area (TPSA) is 89.3 Å². The zero-order valence-corrected chi connectivity index (χ0v) is 15.4. The van der Waals surface area contributed by atoms with Crippen molar-refractivity contribution in [3.8, 4) is 0 Å². The van der Waals surface area contributed by atoms with E-state index in [9.17, 15) is 18.5 Å². The van der Waals surface area contributed by atoms with Crippen molar-refractivity contribution < 1.29 is 13.3 Å². The van der Waals surface area contributed by atoms with Crippen LogP contribution in [0.4, 0.5) is 11.4 Å². The van der Waals surface area contributed by atoms with E-state index in [0.717, 1.165) is 11.1 Å². The Morgan fingerprint density at radius 1 is 0.926 bits per heavy atom. The second kappa shape index (κ2) is 7.59. The van der Waals surface area contributed by atoms with Crippen LogP contribution in [0, 0.1) is 17.0 Å². The number of hydrogen-bond acceptors (Lipinski definition) is 4. The Labute approximate surface area is 157 Å². The molecular weight excluding hydrogens is 364 g/mol. The van der Waals surface area contributed by atoms with Crippen molar-refractivity contribution >= 4 is 21.4 Å². The number of anilines is 1. The van der Waals surface area contributed by atoms with Gasteiger partial charge in [-0.15, -0.1) is 0 Å².